The Labute approximate surface area is 69.3 Å². The second-order valence-electron chi connectivity index (χ2n) is 1.81. The standard InChI is InChI=1S/C5H10BIO2/c1-3-6(7)4-9-5(2)8/h3-4H2,1-2H3. The number of rotatable bonds is 3. The molecule has 0 aromatic carbocycles. The van der Waals surface area contributed by atoms with Gasteiger partial charge in [-0.3, -0.25) is 4.79 Å². The molecule has 0 bridgehead atoms. The largest absolute Gasteiger partial charge is 0.474 e. The highest BCUT2D eigenvalue weighted by Gasteiger charge is 2.06. The Balaban J connectivity index is 3.16. The summed E-state index contributed by atoms with van der Waals surface area (Å²) in [7, 11) is 0. The Kier molecular flexibility index (Phi) is 5.23. The molecule has 0 unspecified atom stereocenters. The highest BCUT2D eigenvalue weighted by Crippen LogP contribution is 2.00. The van der Waals surface area contributed by atoms with Crippen LogP contribution in [0.4, 0.5) is 0 Å². The van der Waals surface area contributed by atoms with Gasteiger partial charge < -0.3 is 4.74 Å². The molecule has 0 fully saturated rings. The van der Waals surface area contributed by atoms with E-state index in [4.69, 9.17) is 4.74 Å². The molecule has 2 nitrogen and oxygen atoms in total. The third kappa shape index (κ3) is 6.15. The molecule has 9 heavy (non-hydrogen) atoms. The first-order valence-corrected chi connectivity index (χ1v) is 4.18. The highest BCUT2D eigenvalue weighted by atomic mass is 127. The van der Waals surface area contributed by atoms with E-state index in [9.17, 15) is 4.79 Å². The van der Waals surface area contributed by atoms with Crippen LogP contribution in [0.5, 0.6) is 0 Å². The number of carbonyl (C=O) groups excluding carboxylic acids is 1. The summed E-state index contributed by atoms with van der Waals surface area (Å²) in [5.41, 5.74) is 0. The maximum absolute atomic E-state index is 10.2. The zero-order valence-corrected chi connectivity index (χ0v) is 7.84. The van der Waals surface area contributed by atoms with Crippen LogP contribution in [-0.2, 0) is 9.53 Å². The number of carbonyl (C=O) groups is 1. The molecule has 0 amide bonds. The van der Waals surface area contributed by atoms with Gasteiger partial charge in [0.15, 0.2) is 0 Å². The summed E-state index contributed by atoms with van der Waals surface area (Å²) in [6, 6.07) is 0. The van der Waals surface area contributed by atoms with Crippen LogP contribution in [0.2, 0.25) is 6.32 Å². The maximum atomic E-state index is 10.2. The number of ether oxygens (including phenoxy) is 1. The normalized spacial score (nSPS) is 8.78. The average molecular weight is 240 g/mol. The first-order chi connectivity index (χ1) is 4.16. The van der Waals surface area contributed by atoms with Gasteiger partial charge in [0.05, 0.1) is 6.51 Å². The third-order valence-electron chi connectivity index (χ3n) is 0.910. The molecule has 4 heteroatoms. The number of halogens is 1. The molecule has 0 radical (unpaired) electrons. The lowest BCUT2D eigenvalue weighted by Crippen LogP contribution is -2.14. The summed E-state index contributed by atoms with van der Waals surface area (Å²) in [4.78, 5) is 10.2. The van der Waals surface area contributed by atoms with Crippen molar-refractivity contribution in [3.05, 3.63) is 0 Å². The molecule has 0 aliphatic heterocycles. The van der Waals surface area contributed by atoms with Gasteiger partial charge in [-0.15, -0.1) is 22.4 Å². The van der Waals surface area contributed by atoms with Crippen LogP contribution in [-0.4, -0.2) is 17.0 Å². The summed E-state index contributed by atoms with van der Waals surface area (Å²) in [6.45, 7) is 4.05. The van der Waals surface area contributed by atoms with Crippen molar-refractivity contribution in [2.75, 3.05) is 6.51 Å². The molecule has 0 spiro atoms. The van der Waals surface area contributed by atoms with Gasteiger partial charge >= 0.3 is 5.97 Å². The maximum Gasteiger partial charge on any atom is 0.301 e. The summed E-state index contributed by atoms with van der Waals surface area (Å²) in [5.74, 6) is -0.190. The SMILES string of the molecule is CCB(I)COC(C)=O. The van der Waals surface area contributed by atoms with E-state index in [2.05, 4.69) is 29.3 Å². The van der Waals surface area contributed by atoms with Crippen LogP contribution in [0.1, 0.15) is 13.8 Å². The van der Waals surface area contributed by atoms with Gasteiger partial charge in [-0.1, -0.05) is 13.2 Å². The molecule has 0 aromatic rings. The molecule has 0 atom stereocenters. The Morgan fingerprint density at radius 3 is 2.67 bits per heavy atom. The predicted octanol–water partition coefficient (Wildman–Crippen LogP) is 1.54. The van der Waals surface area contributed by atoms with Crippen molar-refractivity contribution < 1.29 is 9.53 Å². The molecule has 0 rings (SSSR count). The van der Waals surface area contributed by atoms with E-state index >= 15 is 0 Å². The molecule has 0 aromatic heterocycles. The van der Waals surface area contributed by atoms with Crippen molar-refractivity contribution in [2.45, 2.75) is 20.2 Å². The first-order valence-electron chi connectivity index (χ1n) is 2.94. The molecule has 0 aliphatic carbocycles. The zero-order valence-electron chi connectivity index (χ0n) is 5.69. The molecular weight excluding hydrogens is 230 g/mol. The zero-order chi connectivity index (χ0) is 7.28. The lowest BCUT2D eigenvalue weighted by Gasteiger charge is -2.01. The molecule has 0 N–H and O–H groups in total. The Hall–Kier alpha value is 0.265. The molecule has 0 saturated heterocycles. The summed E-state index contributed by atoms with van der Waals surface area (Å²) >= 11 is 2.26. The van der Waals surface area contributed by atoms with E-state index in [-0.39, 0.29) is 5.97 Å². The Bertz CT molecular complexity index is 97.0. The second-order valence-corrected chi connectivity index (χ2v) is 3.57. The summed E-state index contributed by atoms with van der Waals surface area (Å²) in [5, 5.41) is 0. The van der Waals surface area contributed by atoms with Gasteiger partial charge in [-0.2, -0.15) is 0 Å². The monoisotopic (exact) mass is 240 g/mol. The molecule has 0 heterocycles. The van der Waals surface area contributed by atoms with Crippen molar-refractivity contribution in [1.82, 2.24) is 0 Å². The van der Waals surface area contributed by atoms with Crippen LogP contribution < -0.4 is 0 Å². The molecular formula is C5H10BIO2. The van der Waals surface area contributed by atoms with Crippen LogP contribution in [0.3, 0.4) is 0 Å². The Morgan fingerprint density at radius 1 is 1.78 bits per heavy atom. The first kappa shape index (κ1) is 9.26. The fourth-order valence-electron chi connectivity index (χ4n) is 0.326. The smallest absolute Gasteiger partial charge is 0.301 e. The number of esters is 1. The van der Waals surface area contributed by atoms with Crippen LogP contribution >= 0.6 is 22.4 Å². The minimum Gasteiger partial charge on any atom is -0.474 e. The number of hydrogen-bond acceptors (Lipinski definition) is 2. The van der Waals surface area contributed by atoms with E-state index in [1.807, 2.05) is 0 Å². The van der Waals surface area contributed by atoms with Gasteiger partial charge in [0.1, 0.15) is 0 Å². The van der Waals surface area contributed by atoms with Gasteiger partial charge in [0.2, 0.25) is 0 Å². The Morgan fingerprint density at radius 2 is 2.33 bits per heavy atom. The molecule has 52 valence electrons. The van der Waals surface area contributed by atoms with Crippen molar-refractivity contribution in [1.29, 1.82) is 0 Å². The molecule has 0 saturated carbocycles. The average Bonchev–Trinajstić information content (AvgIpc) is 1.83. The van der Waals surface area contributed by atoms with Crippen molar-refractivity contribution in [3.63, 3.8) is 0 Å². The highest BCUT2D eigenvalue weighted by molar-refractivity contribution is 14.1. The van der Waals surface area contributed by atoms with Crippen molar-refractivity contribution in [2.24, 2.45) is 0 Å². The van der Waals surface area contributed by atoms with E-state index in [1.165, 1.54) is 6.92 Å². The van der Waals surface area contributed by atoms with E-state index in [0.717, 1.165) is 6.32 Å². The second kappa shape index (κ2) is 5.08. The van der Waals surface area contributed by atoms with E-state index in [1.54, 1.807) is 0 Å². The lowest BCUT2D eigenvalue weighted by atomic mass is 9.77. The summed E-state index contributed by atoms with van der Waals surface area (Å²) < 4.78 is 5.21. The van der Waals surface area contributed by atoms with Gasteiger partial charge in [0, 0.05) is 6.92 Å². The van der Waals surface area contributed by atoms with Crippen molar-refractivity contribution in [3.8, 4) is 0 Å². The lowest BCUT2D eigenvalue weighted by molar-refractivity contribution is -0.139. The van der Waals surface area contributed by atoms with Crippen LogP contribution in [0.15, 0.2) is 0 Å². The van der Waals surface area contributed by atoms with Crippen molar-refractivity contribution >= 4 is 32.9 Å². The predicted molar refractivity (Wildman–Crippen MR) is 46.9 cm³/mol. The van der Waals surface area contributed by atoms with E-state index in [0.29, 0.717) is 11.1 Å². The topological polar surface area (TPSA) is 26.3 Å². The minimum atomic E-state index is -0.190. The van der Waals surface area contributed by atoms with Crippen LogP contribution in [0.25, 0.3) is 0 Å². The fraction of sp³-hybridized carbons (Fsp3) is 0.800. The number of hydrogen-bond donors (Lipinski definition) is 0. The van der Waals surface area contributed by atoms with Gasteiger partial charge in [-0.05, 0) is 0 Å². The third-order valence-corrected chi connectivity index (χ3v) is 2.15. The quantitative estimate of drug-likeness (QED) is 0.424. The van der Waals surface area contributed by atoms with Gasteiger partial charge in [-0.25, -0.2) is 0 Å². The fourth-order valence-corrected chi connectivity index (χ4v) is 0.505. The molecule has 0 aliphatic rings. The van der Waals surface area contributed by atoms with Gasteiger partial charge in [0.25, 0.3) is 4.57 Å². The summed E-state index contributed by atoms with van der Waals surface area (Å²) in [6.07, 6.45) is 1.05. The van der Waals surface area contributed by atoms with E-state index < -0.39 is 0 Å². The van der Waals surface area contributed by atoms with Crippen LogP contribution in [0, 0.1) is 0 Å². The minimum absolute atomic E-state index is 0.190.